The van der Waals surface area contributed by atoms with Crippen LogP contribution in [0.2, 0.25) is 0 Å². The van der Waals surface area contributed by atoms with E-state index in [1.54, 1.807) is 0 Å². The van der Waals surface area contributed by atoms with E-state index in [0.717, 1.165) is 18.8 Å². The lowest BCUT2D eigenvalue weighted by Crippen LogP contribution is -2.22. The minimum Gasteiger partial charge on any atom is -0.390 e. The Labute approximate surface area is 63.4 Å². The highest BCUT2D eigenvalue weighted by Crippen LogP contribution is 2.35. The Balaban J connectivity index is 2.09. The molecular formula is C9H18O. The van der Waals surface area contributed by atoms with Crippen LogP contribution in [0.1, 0.15) is 46.0 Å². The SMILES string of the molecule is CCC(C)(O)CCC1CC1. The van der Waals surface area contributed by atoms with E-state index in [1.165, 1.54) is 19.3 Å². The molecule has 10 heavy (non-hydrogen) atoms. The maximum atomic E-state index is 9.60. The maximum Gasteiger partial charge on any atom is 0.0617 e. The summed E-state index contributed by atoms with van der Waals surface area (Å²) in [5.41, 5.74) is -0.386. The predicted molar refractivity (Wildman–Crippen MR) is 42.9 cm³/mol. The third-order valence-corrected chi connectivity index (χ3v) is 2.55. The number of hydrogen-bond donors (Lipinski definition) is 1. The van der Waals surface area contributed by atoms with Gasteiger partial charge in [-0.15, -0.1) is 0 Å². The van der Waals surface area contributed by atoms with E-state index < -0.39 is 0 Å². The first kappa shape index (κ1) is 8.06. The first-order chi connectivity index (χ1) is 4.64. The van der Waals surface area contributed by atoms with Gasteiger partial charge >= 0.3 is 0 Å². The summed E-state index contributed by atoms with van der Waals surface area (Å²) in [6.45, 7) is 3.99. The Hall–Kier alpha value is -0.0400. The lowest BCUT2D eigenvalue weighted by molar-refractivity contribution is 0.0434. The predicted octanol–water partition coefficient (Wildman–Crippen LogP) is 2.34. The smallest absolute Gasteiger partial charge is 0.0617 e. The second-order valence-electron chi connectivity index (χ2n) is 3.83. The fourth-order valence-corrected chi connectivity index (χ4v) is 1.10. The van der Waals surface area contributed by atoms with Gasteiger partial charge in [-0.3, -0.25) is 0 Å². The van der Waals surface area contributed by atoms with Gasteiger partial charge in [-0.2, -0.15) is 0 Å². The summed E-state index contributed by atoms with van der Waals surface area (Å²) in [6.07, 6.45) is 5.92. The van der Waals surface area contributed by atoms with Crippen molar-refractivity contribution in [2.24, 2.45) is 5.92 Å². The largest absolute Gasteiger partial charge is 0.390 e. The Bertz CT molecular complexity index is 103. The molecule has 1 aliphatic rings. The van der Waals surface area contributed by atoms with E-state index in [4.69, 9.17) is 0 Å². The van der Waals surface area contributed by atoms with Crippen molar-refractivity contribution in [3.63, 3.8) is 0 Å². The molecule has 0 aromatic rings. The topological polar surface area (TPSA) is 20.2 Å². The summed E-state index contributed by atoms with van der Waals surface area (Å²) in [6, 6.07) is 0. The molecule has 60 valence electrons. The molecule has 0 saturated heterocycles. The minimum absolute atomic E-state index is 0.386. The van der Waals surface area contributed by atoms with Crippen LogP contribution >= 0.6 is 0 Å². The highest BCUT2D eigenvalue weighted by molar-refractivity contribution is 4.78. The van der Waals surface area contributed by atoms with Gasteiger partial charge in [-0.25, -0.2) is 0 Å². The van der Waals surface area contributed by atoms with Crippen LogP contribution < -0.4 is 0 Å². The zero-order valence-corrected chi connectivity index (χ0v) is 7.06. The van der Waals surface area contributed by atoms with Crippen molar-refractivity contribution in [1.29, 1.82) is 0 Å². The highest BCUT2D eigenvalue weighted by Gasteiger charge is 2.25. The second-order valence-corrected chi connectivity index (χ2v) is 3.83. The molecule has 1 aliphatic carbocycles. The molecule has 1 fully saturated rings. The first-order valence-corrected chi connectivity index (χ1v) is 4.36. The summed E-state index contributed by atoms with van der Waals surface area (Å²) >= 11 is 0. The molecule has 0 bridgehead atoms. The molecule has 0 spiro atoms. The van der Waals surface area contributed by atoms with Gasteiger partial charge < -0.3 is 5.11 Å². The lowest BCUT2D eigenvalue weighted by Gasteiger charge is -2.20. The van der Waals surface area contributed by atoms with Gasteiger partial charge in [0.1, 0.15) is 0 Å². The molecule has 0 aliphatic heterocycles. The van der Waals surface area contributed by atoms with Gasteiger partial charge in [0, 0.05) is 0 Å². The third kappa shape index (κ3) is 2.70. The molecule has 1 unspecified atom stereocenters. The fraction of sp³-hybridized carbons (Fsp3) is 1.00. The molecule has 1 rings (SSSR count). The van der Waals surface area contributed by atoms with Crippen LogP contribution in [0, 0.1) is 5.92 Å². The van der Waals surface area contributed by atoms with Gasteiger partial charge in [0.25, 0.3) is 0 Å². The number of hydrogen-bond acceptors (Lipinski definition) is 1. The molecule has 1 heteroatoms. The molecule has 1 saturated carbocycles. The van der Waals surface area contributed by atoms with Crippen LogP contribution in [0.15, 0.2) is 0 Å². The molecule has 1 N–H and O–H groups in total. The standard InChI is InChI=1S/C9H18O/c1-3-9(2,10)7-6-8-4-5-8/h8,10H,3-7H2,1-2H3. The minimum atomic E-state index is -0.386. The monoisotopic (exact) mass is 142 g/mol. The summed E-state index contributed by atoms with van der Waals surface area (Å²) < 4.78 is 0. The van der Waals surface area contributed by atoms with Crippen LogP contribution in [0.25, 0.3) is 0 Å². The van der Waals surface area contributed by atoms with Gasteiger partial charge in [0.2, 0.25) is 0 Å². The first-order valence-electron chi connectivity index (χ1n) is 4.36. The summed E-state index contributed by atoms with van der Waals surface area (Å²) in [5, 5.41) is 9.60. The molecule has 0 amide bonds. The van der Waals surface area contributed by atoms with Gasteiger partial charge in [-0.05, 0) is 32.1 Å². The Kier molecular flexibility index (Phi) is 2.35. The van der Waals surface area contributed by atoms with Crippen molar-refractivity contribution in [3.05, 3.63) is 0 Å². The molecule has 0 aromatic heterocycles. The van der Waals surface area contributed by atoms with Crippen molar-refractivity contribution in [2.45, 2.75) is 51.6 Å². The van der Waals surface area contributed by atoms with Crippen molar-refractivity contribution >= 4 is 0 Å². The Morgan fingerprint density at radius 3 is 2.50 bits per heavy atom. The van der Waals surface area contributed by atoms with E-state index in [0.29, 0.717) is 0 Å². The van der Waals surface area contributed by atoms with Crippen LogP contribution in [0.3, 0.4) is 0 Å². The van der Waals surface area contributed by atoms with E-state index >= 15 is 0 Å². The maximum absolute atomic E-state index is 9.60. The fourth-order valence-electron chi connectivity index (χ4n) is 1.10. The van der Waals surface area contributed by atoms with Crippen molar-refractivity contribution < 1.29 is 5.11 Å². The quantitative estimate of drug-likeness (QED) is 0.638. The average Bonchev–Trinajstić information content (AvgIpc) is 2.66. The highest BCUT2D eigenvalue weighted by atomic mass is 16.3. The zero-order valence-electron chi connectivity index (χ0n) is 7.06. The third-order valence-electron chi connectivity index (χ3n) is 2.55. The molecule has 0 heterocycles. The molecule has 1 atom stereocenters. The second kappa shape index (κ2) is 2.91. The zero-order chi connectivity index (χ0) is 7.61. The van der Waals surface area contributed by atoms with E-state index in [1.807, 2.05) is 13.8 Å². The van der Waals surface area contributed by atoms with Crippen LogP contribution in [-0.2, 0) is 0 Å². The van der Waals surface area contributed by atoms with Gasteiger partial charge in [0.05, 0.1) is 5.60 Å². The van der Waals surface area contributed by atoms with Crippen LogP contribution in [-0.4, -0.2) is 10.7 Å². The summed E-state index contributed by atoms with van der Waals surface area (Å²) in [4.78, 5) is 0. The van der Waals surface area contributed by atoms with Gasteiger partial charge in [-0.1, -0.05) is 19.8 Å². The normalized spacial score (nSPS) is 24.3. The molecular weight excluding hydrogens is 124 g/mol. The van der Waals surface area contributed by atoms with Crippen molar-refractivity contribution in [3.8, 4) is 0 Å². The van der Waals surface area contributed by atoms with E-state index in [9.17, 15) is 5.11 Å². The van der Waals surface area contributed by atoms with Crippen molar-refractivity contribution in [2.75, 3.05) is 0 Å². The van der Waals surface area contributed by atoms with E-state index in [2.05, 4.69) is 0 Å². The summed E-state index contributed by atoms with van der Waals surface area (Å²) in [7, 11) is 0. The van der Waals surface area contributed by atoms with Crippen molar-refractivity contribution in [1.82, 2.24) is 0 Å². The van der Waals surface area contributed by atoms with Crippen LogP contribution in [0.4, 0.5) is 0 Å². The molecule has 0 radical (unpaired) electrons. The summed E-state index contributed by atoms with van der Waals surface area (Å²) in [5.74, 6) is 0.957. The van der Waals surface area contributed by atoms with E-state index in [-0.39, 0.29) is 5.60 Å². The van der Waals surface area contributed by atoms with Crippen LogP contribution in [0.5, 0.6) is 0 Å². The Morgan fingerprint density at radius 2 is 2.10 bits per heavy atom. The average molecular weight is 142 g/mol. The number of rotatable bonds is 4. The lowest BCUT2D eigenvalue weighted by atomic mass is 9.96. The van der Waals surface area contributed by atoms with Gasteiger partial charge in [0.15, 0.2) is 0 Å². The Morgan fingerprint density at radius 1 is 1.50 bits per heavy atom. The molecule has 0 aromatic carbocycles. The number of aliphatic hydroxyl groups is 1. The molecule has 1 nitrogen and oxygen atoms in total.